The summed E-state index contributed by atoms with van der Waals surface area (Å²) in [5.74, 6) is 0.559. The molecule has 1 heterocycles. The third-order valence-electron chi connectivity index (χ3n) is 2.45. The summed E-state index contributed by atoms with van der Waals surface area (Å²) in [4.78, 5) is 10.4. The normalized spacial score (nSPS) is 22.9. The van der Waals surface area contributed by atoms with Crippen molar-refractivity contribution >= 4 is 17.7 Å². The van der Waals surface area contributed by atoms with Crippen molar-refractivity contribution in [3.63, 3.8) is 0 Å². The summed E-state index contributed by atoms with van der Waals surface area (Å²) in [6.07, 6.45) is 4.98. The van der Waals surface area contributed by atoms with Gasteiger partial charge in [0.05, 0.1) is 6.10 Å². The van der Waals surface area contributed by atoms with Gasteiger partial charge in [0.25, 0.3) is 0 Å². The van der Waals surface area contributed by atoms with Gasteiger partial charge in [-0.15, -0.1) is 0 Å². The van der Waals surface area contributed by atoms with Crippen LogP contribution in [0.2, 0.25) is 0 Å². The molecule has 0 bridgehead atoms. The highest BCUT2D eigenvalue weighted by molar-refractivity contribution is 7.99. The highest BCUT2D eigenvalue weighted by Gasteiger charge is 2.15. The lowest BCUT2D eigenvalue weighted by Gasteiger charge is -2.09. The predicted octanol–water partition coefficient (Wildman–Crippen LogP) is 1.09. The van der Waals surface area contributed by atoms with Crippen molar-refractivity contribution < 1.29 is 14.6 Å². The molecule has 2 atom stereocenters. The van der Waals surface area contributed by atoms with Crippen LogP contribution in [0.4, 0.5) is 0 Å². The van der Waals surface area contributed by atoms with Crippen LogP contribution < -0.4 is 5.73 Å². The monoisotopic (exact) mass is 233 g/mol. The summed E-state index contributed by atoms with van der Waals surface area (Å²) in [5, 5.41) is 8.55. The molecule has 0 aliphatic carbocycles. The molecule has 3 N–H and O–H groups in total. The third kappa shape index (κ3) is 5.39. The van der Waals surface area contributed by atoms with E-state index in [1.807, 2.05) is 0 Å². The van der Waals surface area contributed by atoms with Crippen LogP contribution >= 0.6 is 11.8 Å². The molecular formula is C10H19NO3S. The molecule has 0 aromatic rings. The molecule has 1 aliphatic heterocycles. The third-order valence-corrected chi connectivity index (χ3v) is 3.63. The lowest BCUT2D eigenvalue weighted by atomic mass is 10.1. The number of carboxylic acids is 1. The molecule has 1 aliphatic rings. The number of thioether (sulfide) groups is 1. The molecular weight excluding hydrogens is 214 g/mol. The van der Waals surface area contributed by atoms with Gasteiger partial charge in [0.15, 0.2) is 0 Å². The van der Waals surface area contributed by atoms with Gasteiger partial charge in [-0.05, 0) is 31.4 Å². The summed E-state index contributed by atoms with van der Waals surface area (Å²) in [5.41, 5.74) is 5.38. The Bertz CT molecular complexity index is 195. The van der Waals surface area contributed by atoms with Crippen molar-refractivity contribution in [2.75, 3.05) is 18.1 Å². The minimum Gasteiger partial charge on any atom is -0.480 e. The van der Waals surface area contributed by atoms with E-state index in [0.29, 0.717) is 11.9 Å². The van der Waals surface area contributed by atoms with E-state index in [1.165, 1.54) is 12.8 Å². The molecule has 0 saturated carbocycles. The molecule has 88 valence electrons. The summed E-state index contributed by atoms with van der Waals surface area (Å²) >= 11 is 1.61. The highest BCUT2D eigenvalue weighted by atomic mass is 32.2. The van der Waals surface area contributed by atoms with Crippen molar-refractivity contribution in [3.05, 3.63) is 0 Å². The Balaban J connectivity index is 1.90. The standard InChI is InChI=1S/C10H19NO3S/c11-9(10(12)13)7-15-6-2-4-8-3-1-5-14-8/h8-9H,1-7,11H2,(H,12,13)/t8?,9-/m1/s1. The molecule has 0 aromatic heterocycles. The smallest absolute Gasteiger partial charge is 0.321 e. The highest BCUT2D eigenvalue weighted by Crippen LogP contribution is 2.18. The Labute approximate surface area is 94.6 Å². The van der Waals surface area contributed by atoms with Crippen molar-refractivity contribution in [1.82, 2.24) is 0 Å². The number of ether oxygens (including phenoxy) is 1. The lowest BCUT2D eigenvalue weighted by molar-refractivity contribution is -0.137. The first-order valence-electron chi connectivity index (χ1n) is 5.38. The van der Waals surface area contributed by atoms with Crippen LogP contribution in [-0.4, -0.2) is 41.3 Å². The number of hydrogen-bond acceptors (Lipinski definition) is 4. The van der Waals surface area contributed by atoms with Gasteiger partial charge in [-0.25, -0.2) is 0 Å². The maximum atomic E-state index is 10.4. The van der Waals surface area contributed by atoms with Crippen LogP contribution in [0.15, 0.2) is 0 Å². The van der Waals surface area contributed by atoms with E-state index in [0.717, 1.165) is 25.2 Å². The molecule has 15 heavy (non-hydrogen) atoms. The summed E-state index contributed by atoms with van der Waals surface area (Å²) < 4.78 is 5.49. The van der Waals surface area contributed by atoms with Crippen LogP contribution in [0.5, 0.6) is 0 Å². The lowest BCUT2D eigenvalue weighted by Crippen LogP contribution is -2.32. The summed E-state index contributed by atoms with van der Waals surface area (Å²) in [7, 11) is 0. The number of carboxylic acid groups (broad SMARTS) is 1. The molecule has 0 aromatic carbocycles. The molecule has 4 nitrogen and oxygen atoms in total. The van der Waals surface area contributed by atoms with E-state index in [9.17, 15) is 4.79 Å². The molecule has 0 amide bonds. The average Bonchev–Trinajstić information content (AvgIpc) is 2.69. The Morgan fingerprint density at radius 2 is 2.47 bits per heavy atom. The number of aliphatic carboxylic acids is 1. The Hall–Kier alpha value is -0.260. The topological polar surface area (TPSA) is 72.5 Å². The second-order valence-corrected chi connectivity index (χ2v) is 4.95. The molecule has 1 unspecified atom stereocenters. The molecule has 0 radical (unpaired) electrons. The minimum absolute atomic E-state index is 0.443. The van der Waals surface area contributed by atoms with Crippen molar-refractivity contribution in [3.8, 4) is 0 Å². The first kappa shape index (κ1) is 12.8. The van der Waals surface area contributed by atoms with Gasteiger partial charge >= 0.3 is 5.97 Å². The fraction of sp³-hybridized carbons (Fsp3) is 0.900. The number of hydrogen-bond donors (Lipinski definition) is 2. The van der Waals surface area contributed by atoms with Gasteiger partial charge in [0, 0.05) is 12.4 Å². The van der Waals surface area contributed by atoms with Gasteiger partial charge in [-0.3, -0.25) is 4.79 Å². The van der Waals surface area contributed by atoms with E-state index in [4.69, 9.17) is 15.6 Å². The summed E-state index contributed by atoms with van der Waals surface area (Å²) in [6.45, 7) is 0.904. The summed E-state index contributed by atoms with van der Waals surface area (Å²) in [6, 6.07) is -0.724. The van der Waals surface area contributed by atoms with E-state index >= 15 is 0 Å². The fourth-order valence-electron chi connectivity index (χ4n) is 1.57. The Morgan fingerprint density at radius 3 is 3.07 bits per heavy atom. The van der Waals surface area contributed by atoms with Gasteiger partial charge in [-0.2, -0.15) is 11.8 Å². The number of rotatable bonds is 7. The van der Waals surface area contributed by atoms with Gasteiger partial charge in [0.1, 0.15) is 6.04 Å². The zero-order valence-electron chi connectivity index (χ0n) is 8.85. The van der Waals surface area contributed by atoms with Crippen molar-refractivity contribution in [2.24, 2.45) is 5.73 Å². The maximum Gasteiger partial charge on any atom is 0.321 e. The molecule has 1 fully saturated rings. The van der Waals surface area contributed by atoms with Gasteiger partial charge < -0.3 is 15.6 Å². The van der Waals surface area contributed by atoms with Crippen LogP contribution in [0, 0.1) is 0 Å². The van der Waals surface area contributed by atoms with E-state index < -0.39 is 12.0 Å². The Morgan fingerprint density at radius 1 is 1.67 bits per heavy atom. The number of carbonyl (C=O) groups is 1. The molecule has 0 spiro atoms. The zero-order valence-corrected chi connectivity index (χ0v) is 9.67. The van der Waals surface area contributed by atoms with Crippen molar-refractivity contribution in [2.45, 2.75) is 37.8 Å². The van der Waals surface area contributed by atoms with Crippen LogP contribution in [0.3, 0.4) is 0 Å². The number of nitrogens with two attached hydrogens (primary N) is 1. The maximum absolute atomic E-state index is 10.4. The fourth-order valence-corrected chi connectivity index (χ4v) is 2.50. The molecule has 1 rings (SSSR count). The first-order chi connectivity index (χ1) is 7.20. The van der Waals surface area contributed by atoms with Gasteiger partial charge in [-0.1, -0.05) is 0 Å². The van der Waals surface area contributed by atoms with E-state index in [-0.39, 0.29) is 0 Å². The minimum atomic E-state index is -0.915. The van der Waals surface area contributed by atoms with E-state index in [1.54, 1.807) is 11.8 Å². The SMILES string of the molecule is N[C@H](CSCCCC1CCCO1)C(=O)O. The average molecular weight is 233 g/mol. The van der Waals surface area contributed by atoms with Gasteiger partial charge in [0.2, 0.25) is 0 Å². The van der Waals surface area contributed by atoms with Crippen LogP contribution in [-0.2, 0) is 9.53 Å². The Kier molecular flexibility index (Phi) is 6.05. The second kappa shape index (κ2) is 7.09. The first-order valence-corrected chi connectivity index (χ1v) is 6.53. The van der Waals surface area contributed by atoms with Crippen LogP contribution in [0.1, 0.15) is 25.7 Å². The zero-order chi connectivity index (χ0) is 11.1. The van der Waals surface area contributed by atoms with E-state index in [2.05, 4.69) is 0 Å². The largest absolute Gasteiger partial charge is 0.480 e. The second-order valence-electron chi connectivity index (χ2n) is 3.80. The van der Waals surface area contributed by atoms with Crippen molar-refractivity contribution in [1.29, 1.82) is 0 Å². The van der Waals surface area contributed by atoms with Crippen LogP contribution in [0.25, 0.3) is 0 Å². The molecule has 5 heteroatoms. The quantitative estimate of drug-likeness (QED) is 0.644. The predicted molar refractivity (Wildman–Crippen MR) is 61.1 cm³/mol. The molecule has 1 saturated heterocycles.